The number of halogens is 1. The lowest BCUT2D eigenvalue weighted by molar-refractivity contribution is 0.301. The largest absolute Gasteiger partial charge is 0.264 e. The Morgan fingerprint density at radius 3 is 2.68 bits per heavy atom. The number of hydrogen-bond donors (Lipinski definition) is 0. The van der Waals surface area contributed by atoms with Gasteiger partial charge in [-0.1, -0.05) is 5.21 Å². The third kappa shape index (κ3) is 3.55. The second-order valence-electron chi connectivity index (χ2n) is 3.70. The van der Waals surface area contributed by atoms with E-state index < -0.39 is 10.1 Å². The van der Waals surface area contributed by atoms with Gasteiger partial charge in [-0.05, 0) is 15.9 Å². The maximum atomic E-state index is 11.0. The van der Waals surface area contributed by atoms with E-state index in [-0.39, 0.29) is 6.61 Å². The Bertz CT molecular complexity index is 682. The molecule has 0 saturated heterocycles. The summed E-state index contributed by atoms with van der Waals surface area (Å²) < 4.78 is 28.8. The van der Waals surface area contributed by atoms with E-state index in [2.05, 4.69) is 36.2 Å². The molecule has 0 aliphatic carbocycles. The lowest BCUT2D eigenvalue weighted by atomic mass is 10.2. The van der Waals surface area contributed by atoms with E-state index in [1.54, 1.807) is 7.05 Å². The molecule has 0 aliphatic heterocycles. The highest BCUT2D eigenvalue weighted by Gasteiger charge is 2.16. The Hall–Kier alpha value is -1.39. The van der Waals surface area contributed by atoms with Gasteiger partial charge in [0.15, 0.2) is 0 Å². The van der Waals surface area contributed by atoms with Crippen LogP contribution >= 0.6 is 15.9 Å². The molecule has 2 heterocycles. The van der Waals surface area contributed by atoms with Crippen molar-refractivity contribution in [2.45, 2.75) is 6.61 Å². The highest BCUT2D eigenvalue weighted by atomic mass is 79.9. The molecule has 2 aromatic rings. The normalized spacial score (nSPS) is 11.7. The van der Waals surface area contributed by atoms with Gasteiger partial charge in [0.25, 0.3) is 10.1 Å². The van der Waals surface area contributed by atoms with Gasteiger partial charge in [0.1, 0.15) is 22.6 Å². The fraction of sp³-hybridized carbons (Fsp3) is 0.333. The molecule has 2 rings (SSSR count). The van der Waals surface area contributed by atoms with E-state index in [1.807, 2.05) is 0 Å². The summed E-state index contributed by atoms with van der Waals surface area (Å²) in [5.41, 5.74) is 1.43. The topological polar surface area (TPSA) is 99.9 Å². The van der Waals surface area contributed by atoms with E-state index in [9.17, 15) is 8.42 Å². The second kappa shape index (κ2) is 5.31. The van der Waals surface area contributed by atoms with Crippen LogP contribution in [0.25, 0.3) is 11.4 Å². The number of rotatable bonds is 4. The van der Waals surface area contributed by atoms with Gasteiger partial charge in [-0.15, -0.1) is 5.10 Å². The first kappa shape index (κ1) is 14.0. The Kier molecular flexibility index (Phi) is 3.92. The summed E-state index contributed by atoms with van der Waals surface area (Å²) in [5, 5.41) is 7.77. The maximum absolute atomic E-state index is 11.0. The zero-order chi connectivity index (χ0) is 14.0. The molecule has 0 radical (unpaired) electrons. The summed E-state index contributed by atoms with van der Waals surface area (Å²) in [5.74, 6) is 0. The molecule has 0 saturated carbocycles. The van der Waals surface area contributed by atoms with Gasteiger partial charge in [-0.3, -0.25) is 9.17 Å². The summed E-state index contributed by atoms with van der Waals surface area (Å²) in [6.45, 7) is -0.157. The third-order valence-electron chi connectivity index (χ3n) is 2.22. The second-order valence-corrected chi connectivity index (χ2v) is 6.16. The van der Waals surface area contributed by atoms with Gasteiger partial charge >= 0.3 is 0 Å². The third-order valence-corrected chi connectivity index (χ3v) is 3.17. The molecule has 0 fully saturated rings. The highest BCUT2D eigenvalue weighted by molar-refractivity contribution is 9.10. The predicted molar refractivity (Wildman–Crippen MR) is 69.4 cm³/mol. The van der Waals surface area contributed by atoms with Crippen molar-refractivity contribution in [1.82, 2.24) is 25.0 Å². The molecular weight excluding hydrogens is 338 g/mol. The molecule has 19 heavy (non-hydrogen) atoms. The van der Waals surface area contributed by atoms with E-state index in [0.29, 0.717) is 21.7 Å². The molecule has 0 bridgehead atoms. The first-order chi connectivity index (χ1) is 8.87. The summed E-state index contributed by atoms with van der Waals surface area (Å²) >= 11 is 3.18. The summed E-state index contributed by atoms with van der Waals surface area (Å²) in [6.07, 6.45) is 4.01. The van der Waals surface area contributed by atoms with Crippen molar-refractivity contribution >= 4 is 26.0 Å². The first-order valence-electron chi connectivity index (χ1n) is 5.07. The Morgan fingerprint density at radius 2 is 2.11 bits per heavy atom. The number of aryl methyl sites for hydroxylation is 1. The van der Waals surface area contributed by atoms with Crippen molar-refractivity contribution in [2.24, 2.45) is 7.05 Å². The molecule has 0 atom stereocenters. The van der Waals surface area contributed by atoms with Crippen molar-refractivity contribution < 1.29 is 12.6 Å². The summed E-state index contributed by atoms with van der Waals surface area (Å²) in [7, 11) is -1.89. The Balaban J connectivity index is 2.34. The average molecular weight is 348 g/mol. The lowest BCUT2D eigenvalue weighted by Crippen LogP contribution is -2.07. The molecule has 10 heteroatoms. The van der Waals surface area contributed by atoms with Crippen LogP contribution in [0.4, 0.5) is 0 Å². The van der Waals surface area contributed by atoms with E-state index in [0.717, 1.165) is 6.26 Å². The van der Waals surface area contributed by atoms with Gasteiger partial charge < -0.3 is 0 Å². The monoisotopic (exact) mass is 347 g/mol. The summed E-state index contributed by atoms with van der Waals surface area (Å²) in [4.78, 5) is 8.17. The number of nitrogens with zero attached hydrogens (tertiary/aromatic N) is 5. The molecule has 0 unspecified atom stereocenters. The van der Waals surface area contributed by atoms with Crippen molar-refractivity contribution in [3.8, 4) is 11.4 Å². The minimum Gasteiger partial charge on any atom is -0.264 e. The smallest absolute Gasteiger partial charge is 0.264 e. The van der Waals surface area contributed by atoms with Crippen LogP contribution < -0.4 is 0 Å². The van der Waals surface area contributed by atoms with Gasteiger partial charge in [0.2, 0.25) is 0 Å². The molecule has 0 aromatic carbocycles. The molecule has 102 valence electrons. The fourth-order valence-corrected chi connectivity index (χ4v) is 1.87. The molecule has 0 aliphatic rings. The van der Waals surface area contributed by atoms with Crippen molar-refractivity contribution in [1.29, 1.82) is 0 Å². The minimum atomic E-state index is -3.54. The molecular formula is C9H10BrN5O3S. The highest BCUT2D eigenvalue weighted by Crippen LogP contribution is 2.19. The molecule has 8 nitrogen and oxygen atoms in total. The summed E-state index contributed by atoms with van der Waals surface area (Å²) in [6, 6.07) is 0. The Morgan fingerprint density at radius 1 is 1.37 bits per heavy atom. The van der Waals surface area contributed by atoms with E-state index >= 15 is 0 Å². The van der Waals surface area contributed by atoms with Crippen molar-refractivity contribution in [2.75, 3.05) is 6.26 Å². The van der Waals surface area contributed by atoms with Crippen LogP contribution in [0.1, 0.15) is 5.69 Å². The van der Waals surface area contributed by atoms with E-state index in [1.165, 1.54) is 17.1 Å². The van der Waals surface area contributed by atoms with Crippen LogP contribution in [-0.4, -0.2) is 39.6 Å². The van der Waals surface area contributed by atoms with Gasteiger partial charge in [0.05, 0.1) is 24.3 Å². The fourth-order valence-electron chi connectivity index (χ4n) is 1.34. The minimum absolute atomic E-state index is 0.157. The SMILES string of the molecule is Cn1nnc(-c2cnc(Br)cn2)c1COS(C)(=O)=O. The average Bonchev–Trinajstić information content (AvgIpc) is 2.68. The van der Waals surface area contributed by atoms with Crippen LogP contribution in [0, 0.1) is 0 Å². The van der Waals surface area contributed by atoms with Gasteiger partial charge in [-0.2, -0.15) is 8.42 Å². The molecule has 0 N–H and O–H groups in total. The van der Waals surface area contributed by atoms with Crippen LogP contribution in [0.2, 0.25) is 0 Å². The van der Waals surface area contributed by atoms with Crippen molar-refractivity contribution in [3.05, 3.63) is 22.7 Å². The van der Waals surface area contributed by atoms with Crippen LogP contribution in [0.5, 0.6) is 0 Å². The zero-order valence-corrected chi connectivity index (χ0v) is 12.5. The van der Waals surface area contributed by atoms with E-state index in [4.69, 9.17) is 4.18 Å². The van der Waals surface area contributed by atoms with Crippen LogP contribution in [0.15, 0.2) is 17.0 Å². The first-order valence-corrected chi connectivity index (χ1v) is 7.68. The standard InChI is InChI=1S/C9H10BrN5O3S/c1-15-7(5-18-19(2,16)17)9(13-14-15)6-3-12-8(10)4-11-6/h3-4H,5H2,1-2H3. The number of hydrogen-bond acceptors (Lipinski definition) is 7. The van der Waals surface area contributed by atoms with Crippen LogP contribution in [-0.2, 0) is 28.0 Å². The zero-order valence-electron chi connectivity index (χ0n) is 10.1. The molecule has 2 aromatic heterocycles. The predicted octanol–water partition coefficient (Wildman–Crippen LogP) is 0.511. The van der Waals surface area contributed by atoms with Crippen LogP contribution in [0.3, 0.4) is 0 Å². The molecule has 0 amide bonds. The molecule has 0 spiro atoms. The quantitative estimate of drug-likeness (QED) is 0.742. The van der Waals surface area contributed by atoms with Gasteiger partial charge in [0, 0.05) is 7.05 Å². The number of aromatic nitrogens is 5. The lowest BCUT2D eigenvalue weighted by Gasteiger charge is -2.04. The van der Waals surface area contributed by atoms with Gasteiger partial charge in [-0.25, -0.2) is 9.67 Å². The Labute approximate surface area is 118 Å². The van der Waals surface area contributed by atoms with Crippen molar-refractivity contribution in [3.63, 3.8) is 0 Å². The maximum Gasteiger partial charge on any atom is 0.264 e.